The lowest BCUT2D eigenvalue weighted by atomic mass is 10.1. The van der Waals surface area contributed by atoms with Gasteiger partial charge in [0.25, 0.3) is 0 Å². The minimum atomic E-state index is -0.0495. The minimum absolute atomic E-state index is 0.0273. The first-order valence-electron chi connectivity index (χ1n) is 9.16. The van der Waals surface area contributed by atoms with Crippen LogP contribution in [0, 0.1) is 6.92 Å². The van der Waals surface area contributed by atoms with Crippen molar-refractivity contribution < 1.29 is 14.1 Å². The van der Waals surface area contributed by atoms with E-state index < -0.39 is 0 Å². The number of rotatable bonds is 6. The number of hydrogen-bond donors (Lipinski definition) is 1. The summed E-state index contributed by atoms with van der Waals surface area (Å²) in [6.07, 6.45) is 0.317. The Kier molecular flexibility index (Phi) is 6.06. The number of ether oxygens (including phenoxy) is 1. The topological polar surface area (TPSA) is 67.6 Å². The summed E-state index contributed by atoms with van der Waals surface area (Å²) in [6, 6.07) is 10.4. The van der Waals surface area contributed by atoms with Crippen LogP contribution in [0.15, 0.2) is 34.9 Å². The SMILES string of the molecule is Cc1ccc(-c2cc(CNC(=O)C[C@H]3CN(C(C)C)CCO3)no2)cc1. The summed E-state index contributed by atoms with van der Waals surface area (Å²) < 4.78 is 11.1. The van der Waals surface area contributed by atoms with Crippen molar-refractivity contribution >= 4 is 5.91 Å². The summed E-state index contributed by atoms with van der Waals surface area (Å²) in [6.45, 7) is 9.14. The molecule has 6 nitrogen and oxygen atoms in total. The molecule has 1 aliphatic heterocycles. The lowest BCUT2D eigenvalue weighted by Crippen LogP contribution is -2.47. The van der Waals surface area contributed by atoms with Gasteiger partial charge in [0.15, 0.2) is 5.76 Å². The molecule has 1 N–H and O–H groups in total. The molecule has 6 heteroatoms. The van der Waals surface area contributed by atoms with Gasteiger partial charge in [-0.25, -0.2) is 0 Å². The molecule has 1 saturated heterocycles. The molecule has 1 fully saturated rings. The molecule has 0 unspecified atom stereocenters. The molecule has 26 heavy (non-hydrogen) atoms. The normalized spacial score (nSPS) is 18.2. The molecule has 1 amide bonds. The summed E-state index contributed by atoms with van der Waals surface area (Å²) in [7, 11) is 0. The van der Waals surface area contributed by atoms with Crippen molar-refractivity contribution in [2.24, 2.45) is 0 Å². The predicted octanol–water partition coefficient (Wildman–Crippen LogP) is 2.77. The van der Waals surface area contributed by atoms with Gasteiger partial charge in [-0.1, -0.05) is 35.0 Å². The van der Waals surface area contributed by atoms with Crippen molar-refractivity contribution in [1.29, 1.82) is 0 Å². The lowest BCUT2D eigenvalue weighted by Gasteiger charge is -2.35. The molecule has 0 radical (unpaired) electrons. The van der Waals surface area contributed by atoms with Crippen LogP contribution >= 0.6 is 0 Å². The first-order valence-corrected chi connectivity index (χ1v) is 9.16. The molecule has 0 aliphatic carbocycles. The van der Waals surface area contributed by atoms with E-state index in [0.29, 0.717) is 37.1 Å². The Morgan fingerprint density at radius 2 is 2.12 bits per heavy atom. The van der Waals surface area contributed by atoms with E-state index in [4.69, 9.17) is 9.26 Å². The quantitative estimate of drug-likeness (QED) is 0.861. The Morgan fingerprint density at radius 1 is 1.35 bits per heavy atom. The van der Waals surface area contributed by atoms with E-state index in [0.717, 1.165) is 18.7 Å². The second kappa shape index (κ2) is 8.47. The molecule has 1 aromatic heterocycles. The molecule has 1 aliphatic rings. The number of carbonyl (C=O) groups excluding carboxylic acids is 1. The van der Waals surface area contributed by atoms with Crippen LogP contribution in [0.25, 0.3) is 11.3 Å². The average molecular weight is 357 g/mol. The van der Waals surface area contributed by atoms with Gasteiger partial charge >= 0.3 is 0 Å². The molecule has 1 aromatic carbocycles. The van der Waals surface area contributed by atoms with Crippen LogP contribution < -0.4 is 5.32 Å². The zero-order valence-electron chi connectivity index (χ0n) is 15.7. The van der Waals surface area contributed by atoms with Gasteiger partial charge in [0.1, 0.15) is 5.69 Å². The van der Waals surface area contributed by atoms with E-state index in [1.807, 2.05) is 37.3 Å². The summed E-state index contributed by atoms with van der Waals surface area (Å²) >= 11 is 0. The first-order chi connectivity index (χ1) is 12.5. The highest BCUT2D eigenvalue weighted by molar-refractivity contribution is 5.76. The maximum atomic E-state index is 12.2. The molecular weight excluding hydrogens is 330 g/mol. The highest BCUT2D eigenvalue weighted by atomic mass is 16.5. The first kappa shape index (κ1) is 18.6. The molecule has 2 aromatic rings. The predicted molar refractivity (Wildman–Crippen MR) is 99.6 cm³/mol. The van der Waals surface area contributed by atoms with Gasteiger partial charge in [0, 0.05) is 30.8 Å². The van der Waals surface area contributed by atoms with Crippen molar-refractivity contribution in [1.82, 2.24) is 15.4 Å². The summed E-state index contributed by atoms with van der Waals surface area (Å²) in [4.78, 5) is 14.5. The van der Waals surface area contributed by atoms with Crippen molar-refractivity contribution in [3.8, 4) is 11.3 Å². The Hall–Kier alpha value is -2.18. The van der Waals surface area contributed by atoms with Crippen LogP contribution in [0.2, 0.25) is 0 Å². The van der Waals surface area contributed by atoms with Gasteiger partial charge in [-0.2, -0.15) is 0 Å². The largest absolute Gasteiger partial charge is 0.375 e. The lowest BCUT2D eigenvalue weighted by molar-refractivity contribution is -0.126. The van der Waals surface area contributed by atoms with E-state index in [1.54, 1.807) is 0 Å². The van der Waals surface area contributed by atoms with E-state index in [2.05, 4.69) is 29.2 Å². The fourth-order valence-corrected chi connectivity index (χ4v) is 3.05. The zero-order chi connectivity index (χ0) is 18.5. The Morgan fingerprint density at radius 3 is 2.85 bits per heavy atom. The van der Waals surface area contributed by atoms with Crippen LogP contribution in [-0.4, -0.2) is 47.8 Å². The Labute approximate surface area is 154 Å². The zero-order valence-corrected chi connectivity index (χ0v) is 15.7. The van der Waals surface area contributed by atoms with E-state index in [-0.39, 0.29) is 12.0 Å². The number of morpholine rings is 1. The van der Waals surface area contributed by atoms with E-state index in [1.165, 1.54) is 5.56 Å². The molecule has 140 valence electrons. The van der Waals surface area contributed by atoms with Crippen molar-refractivity contribution in [2.45, 2.75) is 45.9 Å². The Bertz CT molecular complexity index is 724. The highest BCUT2D eigenvalue weighted by Crippen LogP contribution is 2.20. The van der Waals surface area contributed by atoms with Gasteiger partial charge in [0.2, 0.25) is 5.91 Å². The van der Waals surface area contributed by atoms with E-state index >= 15 is 0 Å². The smallest absolute Gasteiger partial charge is 0.222 e. The van der Waals surface area contributed by atoms with Crippen LogP contribution in [-0.2, 0) is 16.1 Å². The van der Waals surface area contributed by atoms with Crippen LogP contribution in [0.5, 0.6) is 0 Å². The monoisotopic (exact) mass is 357 g/mol. The fourth-order valence-electron chi connectivity index (χ4n) is 3.05. The number of hydrogen-bond acceptors (Lipinski definition) is 5. The summed E-state index contributed by atoms with van der Waals surface area (Å²) in [5.41, 5.74) is 2.88. The number of carbonyl (C=O) groups is 1. The van der Waals surface area contributed by atoms with Gasteiger partial charge in [-0.15, -0.1) is 0 Å². The molecule has 3 rings (SSSR count). The van der Waals surface area contributed by atoms with Gasteiger partial charge in [-0.3, -0.25) is 9.69 Å². The second-order valence-electron chi connectivity index (χ2n) is 7.11. The molecule has 1 atom stereocenters. The highest BCUT2D eigenvalue weighted by Gasteiger charge is 2.24. The summed E-state index contributed by atoms with van der Waals surface area (Å²) in [5, 5.41) is 6.94. The Balaban J connectivity index is 1.48. The number of amides is 1. The fraction of sp³-hybridized carbons (Fsp3) is 0.500. The molecule has 0 bridgehead atoms. The number of aryl methyl sites for hydroxylation is 1. The standard InChI is InChI=1S/C20H27N3O3/c1-14(2)23-8-9-25-18(13-23)11-20(24)21-12-17-10-19(26-22-17)16-6-4-15(3)5-7-16/h4-7,10,14,18H,8-9,11-13H2,1-3H3,(H,21,24)/t18-/m0/s1. The second-order valence-corrected chi connectivity index (χ2v) is 7.11. The van der Waals surface area contributed by atoms with Gasteiger partial charge < -0.3 is 14.6 Å². The maximum Gasteiger partial charge on any atom is 0.222 e. The van der Waals surface area contributed by atoms with Gasteiger partial charge in [0.05, 0.1) is 25.7 Å². The number of nitrogens with one attached hydrogen (secondary N) is 1. The van der Waals surface area contributed by atoms with Crippen LogP contribution in [0.4, 0.5) is 0 Å². The number of benzene rings is 1. The molecular formula is C20H27N3O3. The summed E-state index contributed by atoms with van der Waals surface area (Å²) in [5.74, 6) is 0.679. The van der Waals surface area contributed by atoms with Crippen molar-refractivity contribution in [3.63, 3.8) is 0 Å². The van der Waals surface area contributed by atoms with Crippen molar-refractivity contribution in [3.05, 3.63) is 41.6 Å². The average Bonchev–Trinajstić information content (AvgIpc) is 3.10. The van der Waals surface area contributed by atoms with Gasteiger partial charge in [-0.05, 0) is 20.8 Å². The maximum absolute atomic E-state index is 12.2. The number of aromatic nitrogens is 1. The minimum Gasteiger partial charge on any atom is -0.375 e. The third-order valence-corrected chi connectivity index (χ3v) is 4.68. The van der Waals surface area contributed by atoms with Crippen LogP contribution in [0.1, 0.15) is 31.5 Å². The number of nitrogens with zero attached hydrogens (tertiary/aromatic N) is 2. The van der Waals surface area contributed by atoms with Crippen molar-refractivity contribution in [2.75, 3.05) is 19.7 Å². The molecule has 0 spiro atoms. The molecule has 0 saturated carbocycles. The van der Waals surface area contributed by atoms with Crippen LogP contribution in [0.3, 0.4) is 0 Å². The third-order valence-electron chi connectivity index (χ3n) is 4.68. The molecule has 2 heterocycles. The third kappa shape index (κ3) is 4.93. The van der Waals surface area contributed by atoms with E-state index in [9.17, 15) is 4.79 Å².